The van der Waals surface area contributed by atoms with E-state index in [0.29, 0.717) is 46.5 Å². The van der Waals surface area contributed by atoms with E-state index >= 15 is 4.39 Å². The second kappa shape index (κ2) is 10.5. The molecule has 0 amide bonds. The lowest BCUT2D eigenvalue weighted by molar-refractivity contribution is 0.0353. The van der Waals surface area contributed by atoms with Crippen LogP contribution in [0.3, 0.4) is 0 Å². The maximum atomic E-state index is 15.3. The lowest BCUT2D eigenvalue weighted by Crippen LogP contribution is -2.50. The van der Waals surface area contributed by atoms with E-state index in [0.717, 1.165) is 5.39 Å². The fourth-order valence-electron chi connectivity index (χ4n) is 4.83. The standard InChI is InChI=1S/C24H26Cl2F2N6O2/c1-13(27)2-5-34-23(26)20(9-30-34)32-24-29-8-14-6-17(25)16(7-19(14)31-24)15-3-4-33(10-18(15)28)21-11-36-12-22(21)35/h6-9,15,18,21-22,35H,1-5,10-12H2,(H,29,31,32)/t15-,18+,21+,22-/m0/s1. The van der Waals surface area contributed by atoms with Crippen LogP contribution in [0.5, 0.6) is 0 Å². The number of aliphatic hydroxyl groups is 1. The number of likely N-dealkylation sites (tertiary alicyclic amines) is 1. The van der Waals surface area contributed by atoms with Crippen molar-refractivity contribution in [2.75, 3.05) is 31.6 Å². The first-order chi connectivity index (χ1) is 17.3. The van der Waals surface area contributed by atoms with Crippen LogP contribution in [0, 0.1) is 0 Å². The maximum absolute atomic E-state index is 15.3. The van der Waals surface area contributed by atoms with Gasteiger partial charge >= 0.3 is 0 Å². The molecular weight excluding hydrogens is 513 g/mol. The lowest BCUT2D eigenvalue weighted by atomic mass is 9.86. The molecule has 0 unspecified atom stereocenters. The summed E-state index contributed by atoms with van der Waals surface area (Å²) >= 11 is 12.9. The first kappa shape index (κ1) is 25.3. The third-order valence-electron chi connectivity index (χ3n) is 6.78. The molecule has 0 bridgehead atoms. The molecule has 5 rings (SSSR count). The fraction of sp³-hybridized carbons (Fsp3) is 0.458. The number of nitrogens with one attached hydrogen (secondary N) is 1. The average molecular weight is 539 g/mol. The van der Waals surface area contributed by atoms with E-state index in [1.165, 1.54) is 10.9 Å². The van der Waals surface area contributed by atoms with Crippen molar-refractivity contribution in [3.63, 3.8) is 0 Å². The van der Waals surface area contributed by atoms with Gasteiger partial charge in [-0.2, -0.15) is 5.10 Å². The molecule has 8 nitrogen and oxygen atoms in total. The predicted molar refractivity (Wildman–Crippen MR) is 134 cm³/mol. The van der Waals surface area contributed by atoms with Crippen LogP contribution in [0.2, 0.25) is 10.2 Å². The monoisotopic (exact) mass is 538 g/mol. The first-order valence-electron chi connectivity index (χ1n) is 11.7. The fourth-order valence-corrected chi connectivity index (χ4v) is 5.37. The Balaban J connectivity index is 1.34. The summed E-state index contributed by atoms with van der Waals surface area (Å²) in [5, 5.41) is 18.8. The molecule has 2 fully saturated rings. The second-order valence-electron chi connectivity index (χ2n) is 9.17. The van der Waals surface area contributed by atoms with Gasteiger partial charge in [0.05, 0.1) is 48.6 Å². The molecule has 0 spiro atoms. The van der Waals surface area contributed by atoms with E-state index in [2.05, 4.69) is 27.0 Å². The summed E-state index contributed by atoms with van der Waals surface area (Å²) in [6.07, 6.45) is 2.07. The summed E-state index contributed by atoms with van der Waals surface area (Å²) in [7, 11) is 0. The first-order valence-corrected chi connectivity index (χ1v) is 12.5. The Kier molecular flexibility index (Phi) is 7.41. The van der Waals surface area contributed by atoms with Crippen molar-refractivity contribution in [2.24, 2.45) is 0 Å². The zero-order valence-corrected chi connectivity index (χ0v) is 20.9. The van der Waals surface area contributed by atoms with E-state index in [1.807, 2.05) is 11.0 Å². The van der Waals surface area contributed by atoms with Crippen LogP contribution in [-0.2, 0) is 11.3 Å². The molecule has 0 radical (unpaired) electrons. The molecule has 36 heavy (non-hydrogen) atoms. The van der Waals surface area contributed by atoms with Gasteiger partial charge in [-0.15, -0.1) is 0 Å². The molecule has 2 aliphatic heterocycles. The van der Waals surface area contributed by atoms with Crippen LogP contribution < -0.4 is 5.32 Å². The van der Waals surface area contributed by atoms with Gasteiger partial charge in [0, 0.05) is 42.0 Å². The van der Waals surface area contributed by atoms with Crippen molar-refractivity contribution in [1.29, 1.82) is 0 Å². The Bertz CT molecular complexity index is 1270. The molecule has 2 aromatic heterocycles. The van der Waals surface area contributed by atoms with Gasteiger partial charge in [0.15, 0.2) is 5.15 Å². The molecule has 3 aromatic rings. The number of aromatic nitrogens is 4. The summed E-state index contributed by atoms with van der Waals surface area (Å²) in [4.78, 5) is 10.9. The van der Waals surface area contributed by atoms with Gasteiger partial charge in [-0.05, 0) is 30.7 Å². The number of piperidine rings is 1. The summed E-state index contributed by atoms with van der Waals surface area (Å²) in [5.41, 5.74) is 1.78. The van der Waals surface area contributed by atoms with Crippen molar-refractivity contribution in [2.45, 2.75) is 43.6 Å². The van der Waals surface area contributed by atoms with Gasteiger partial charge in [0.2, 0.25) is 5.95 Å². The highest BCUT2D eigenvalue weighted by Gasteiger charge is 2.39. The number of rotatable bonds is 7. The highest BCUT2D eigenvalue weighted by atomic mass is 35.5. The molecule has 2 saturated heterocycles. The predicted octanol–water partition coefficient (Wildman–Crippen LogP) is 4.64. The number of allylic oxidation sites excluding steroid dienone is 1. The van der Waals surface area contributed by atoms with E-state index in [1.54, 1.807) is 12.3 Å². The van der Waals surface area contributed by atoms with Crippen LogP contribution in [0.4, 0.5) is 20.4 Å². The molecule has 4 atom stereocenters. The number of hydrogen-bond donors (Lipinski definition) is 2. The Hall–Kier alpha value is -2.37. The van der Waals surface area contributed by atoms with Crippen LogP contribution in [-0.4, -0.2) is 74.4 Å². The third kappa shape index (κ3) is 5.19. The maximum Gasteiger partial charge on any atom is 0.227 e. The molecule has 4 heterocycles. The van der Waals surface area contributed by atoms with Crippen molar-refractivity contribution >= 4 is 45.7 Å². The number of anilines is 2. The third-order valence-corrected chi connectivity index (χ3v) is 7.50. The summed E-state index contributed by atoms with van der Waals surface area (Å²) in [6, 6.07) is 3.38. The smallest absolute Gasteiger partial charge is 0.227 e. The summed E-state index contributed by atoms with van der Waals surface area (Å²) in [6.45, 7) is 5.04. The zero-order valence-electron chi connectivity index (χ0n) is 19.4. The summed E-state index contributed by atoms with van der Waals surface area (Å²) in [5.74, 6) is -0.550. The molecule has 0 saturated carbocycles. The normalized spacial score (nSPS) is 24.9. The van der Waals surface area contributed by atoms with Gasteiger partial charge in [0.1, 0.15) is 6.17 Å². The second-order valence-corrected chi connectivity index (χ2v) is 9.93. The Morgan fingerprint density at radius 3 is 2.83 bits per heavy atom. The van der Waals surface area contributed by atoms with E-state index < -0.39 is 18.1 Å². The van der Waals surface area contributed by atoms with Gasteiger partial charge in [-0.25, -0.2) is 18.7 Å². The molecule has 192 valence electrons. The van der Waals surface area contributed by atoms with E-state index in [9.17, 15) is 9.50 Å². The minimum Gasteiger partial charge on any atom is -0.389 e. The van der Waals surface area contributed by atoms with E-state index in [4.69, 9.17) is 27.9 Å². The van der Waals surface area contributed by atoms with Crippen molar-refractivity contribution in [3.05, 3.63) is 52.7 Å². The van der Waals surface area contributed by atoms with Gasteiger partial charge < -0.3 is 15.2 Å². The number of aryl methyl sites for hydroxylation is 1. The molecule has 1 aromatic carbocycles. The minimum atomic E-state index is -1.15. The van der Waals surface area contributed by atoms with Gasteiger partial charge in [0.25, 0.3) is 0 Å². The number of alkyl halides is 1. The van der Waals surface area contributed by atoms with Crippen molar-refractivity contribution in [1.82, 2.24) is 24.6 Å². The summed E-state index contributed by atoms with van der Waals surface area (Å²) < 4.78 is 35.1. The number of benzene rings is 1. The number of aliphatic hydroxyl groups excluding tert-OH is 1. The number of fused-ring (bicyclic) bond motifs is 1. The number of hydrogen-bond acceptors (Lipinski definition) is 7. The van der Waals surface area contributed by atoms with Crippen LogP contribution >= 0.6 is 23.2 Å². The molecule has 2 N–H and O–H groups in total. The molecule has 12 heteroatoms. The number of halogens is 4. The van der Waals surface area contributed by atoms with Crippen molar-refractivity contribution < 1.29 is 18.6 Å². The number of ether oxygens (including phenoxy) is 1. The van der Waals surface area contributed by atoms with E-state index in [-0.39, 0.29) is 44.0 Å². The van der Waals surface area contributed by atoms with Crippen LogP contribution in [0.1, 0.15) is 24.3 Å². The van der Waals surface area contributed by atoms with Crippen LogP contribution in [0.25, 0.3) is 10.9 Å². The van der Waals surface area contributed by atoms with Crippen LogP contribution in [0.15, 0.2) is 36.9 Å². The van der Waals surface area contributed by atoms with Gasteiger partial charge in [-0.3, -0.25) is 9.58 Å². The Morgan fingerprint density at radius 1 is 1.28 bits per heavy atom. The lowest BCUT2D eigenvalue weighted by Gasteiger charge is -2.39. The topological polar surface area (TPSA) is 88.3 Å². The minimum absolute atomic E-state index is 0.111. The Morgan fingerprint density at radius 2 is 2.11 bits per heavy atom. The largest absolute Gasteiger partial charge is 0.389 e. The quantitative estimate of drug-likeness (QED) is 0.453. The highest BCUT2D eigenvalue weighted by Crippen LogP contribution is 2.38. The molecule has 0 aliphatic carbocycles. The molecule has 2 aliphatic rings. The molecular formula is C24H26Cl2F2N6O2. The SMILES string of the molecule is C=C(F)CCn1ncc(Nc2ncc3cc(Cl)c([C@@H]4CCN([C@@H]5COC[C@@H]5O)C[C@H]4F)cc3n2)c1Cl. The number of nitrogens with zero attached hydrogens (tertiary/aromatic N) is 5. The average Bonchev–Trinajstić information content (AvgIpc) is 3.43. The highest BCUT2D eigenvalue weighted by molar-refractivity contribution is 6.32. The van der Waals surface area contributed by atoms with Crippen molar-refractivity contribution in [3.8, 4) is 0 Å². The zero-order chi connectivity index (χ0) is 25.4. The van der Waals surface area contributed by atoms with Gasteiger partial charge in [-0.1, -0.05) is 29.8 Å². The Labute approximate surface area is 216 Å².